The molecule has 3 N–H and O–H groups in total. The number of carbonyl (C=O) groups is 1. The summed E-state index contributed by atoms with van der Waals surface area (Å²) in [7, 11) is 1.22. The number of nitrogens with one attached hydrogen (secondary N) is 2. The summed E-state index contributed by atoms with van der Waals surface area (Å²) in [6.07, 6.45) is 2.95. The van der Waals surface area contributed by atoms with Crippen LogP contribution < -0.4 is 11.2 Å². The third kappa shape index (κ3) is 4.31. The van der Waals surface area contributed by atoms with Crippen LogP contribution in [0.4, 0.5) is 4.39 Å². The number of rotatable bonds is 6. The number of para-hydroxylation sites is 1. The number of aromatic amines is 2. The van der Waals surface area contributed by atoms with Crippen LogP contribution in [0.25, 0.3) is 16.6 Å². The summed E-state index contributed by atoms with van der Waals surface area (Å²) in [5.41, 5.74) is -0.312. The fourth-order valence-electron chi connectivity index (χ4n) is 3.49. The minimum absolute atomic E-state index is 0.133. The van der Waals surface area contributed by atoms with Gasteiger partial charge in [-0.15, -0.1) is 0 Å². The summed E-state index contributed by atoms with van der Waals surface area (Å²) in [6, 6.07) is 11.3. The molecule has 9 nitrogen and oxygen atoms in total. The van der Waals surface area contributed by atoms with Gasteiger partial charge in [0.2, 0.25) is 5.88 Å². The van der Waals surface area contributed by atoms with Gasteiger partial charge >= 0.3 is 11.7 Å². The Balaban J connectivity index is 1.72. The highest BCUT2D eigenvalue weighted by molar-refractivity contribution is 5.87. The number of hydrogen-bond acceptors (Lipinski definition) is 6. The van der Waals surface area contributed by atoms with Crippen molar-refractivity contribution >= 4 is 23.1 Å². The maximum absolute atomic E-state index is 13.2. The summed E-state index contributed by atoms with van der Waals surface area (Å²) < 4.78 is 18.9. The Morgan fingerprint density at radius 2 is 1.94 bits per heavy atom. The molecule has 0 saturated heterocycles. The van der Waals surface area contributed by atoms with Gasteiger partial charge in [-0.05, 0) is 35.9 Å². The molecule has 168 valence electrons. The molecular weight excluding hydrogens is 431 g/mol. The number of fused-ring (bicyclic) bond motifs is 1. The van der Waals surface area contributed by atoms with Gasteiger partial charge in [0.1, 0.15) is 11.4 Å². The predicted molar refractivity (Wildman–Crippen MR) is 120 cm³/mol. The van der Waals surface area contributed by atoms with Crippen molar-refractivity contribution < 1.29 is 19.0 Å². The smallest absolute Gasteiger partial charge is 0.335 e. The van der Waals surface area contributed by atoms with Gasteiger partial charge in [0.15, 0.2) is 6.04 Å². The predicted octanol–water partition coefficient (Wildman–Crippen LogP) is 2.05. The zero-order valence-electron chi connectivity index (χ0n) is 17.4. The third-order valence-corrected chi connectivity index (χ3v) is 5.15. The quantitative estimate of drug-likeness (QED) is 0.306. The van der Waals surface area contributed by atoms with Crippen LogP contribution in [-0.4, -0.2) is 45.0 Å². The average molecular weight is 450 g/mol. The number of aromatic hydroxyl groups is 1. The second kappa shape index (κ2) is 8.95. The number of nitrogens with zero attached hydrogens (tertiary/aromatic N) is 2. The lowest BCUT2D eigenvalue weighted by atomic mass is 10.1. The molecule has 0 aliphatic heterocycles. The van der Waals surface area contributed by atoms with Gasteiger partial charge in [0.05, 0.1) is 12.8 Å². The molecule has 0 amide bonds. The SMILES string of the molecule is COC(=O)[C@H](Cc1c[nH]c2ccccc12)N=Cc1c(O)n(-c2ccc(F)cc2)c(=O)[nH]c1=O. The van der Waals surface area contributed by atoms with Crippen LogP contribution in [0.15, 0.2) is 69.3 Å². The Labute approximate surface area is 185 Å². The van der Waals surface area contributed by atoms with Crippen LogP contribution in [0.5, 0.6) is 5.88 Å². The molecule has 10 heteroatoms. The first-order valence-corrected chi connectivity index (χ1v) is 9.89. The molecule has 2 aromatic heterocycles. The Morgan fingerprint density at radius 1 is 1.21 bits per heavy atom. The number of methoxy groups -OCH3 is 1. The Morgan fingerprint density at radius 3 is 2.67 bits per heavy atom. The average Bonchev–Trinajstić information content (AvgIpc) is 3.21. The number of esters is 1. The fraction of sp³-hybridized carbons (Fsp3) is 0.130. The van der Waals surface area contributed by atoms with Crippen LogP contribution in [0.3, 0.4) is 0 Å². The Kier molecular flexibility index (Phi) is 5.90. The first-order chi connectivity index (χ1) is 15.9. The second-order valence-electron chi connectivity index (χ2n) is 7.19. The molecule has 33 heavy (non-hydrogen) atoms. The van der Waals surface area contributed by atoms with E-state index >= 15 is 0 Å². The van der Waals surface area contributed by atoms with E-state index in [4.69, 9.17) is 4.74 Å². The van der Waals surface area contributed by atoms with Crippen molar-refractivity contribution in [2.24, 2.45) is 4.99 Å². The minimum atomic E-state index is -1.01. The normalized spacial score (nSPS) is 12.3. The molecule has 2 aromatic carbocycles. The van der Waals surface area contributed by atoms with Crippen LogP contribution >= 0.6 is 0 Å². The highest BCUT2D eigenvalue weighted by Crippen LogP contribution is 2.21. The van der Waals surface area contributed by atoms with Crippen LogP contribution in [0, 0.1) is 5.82 Å². The van der Waals surface area contributed by atoms with E-state index in [0.29, 0.717) is 0 Å². The molecule has 0 aliphatic carbocycles. The van der Waals surface area contributed by atoms with Crippen molar-refractivity contribution in [3.63, 3.8) is 0 Å². The van der Waals surface area contributed by atoms with Gasteiger partial charge in [-0.25, -0.2) is 18.5 Å². The van der Waals surface area contributed by atoms with Crippen molar-refractivity contribution in [3.8, 4) is 11.6 Å². The summed E-state index contributed by atoms with van der Waals surface area (Å²) in [5.74, 6) is -1.87. The molecule has 0 spiro atoms. The molecule has 2 heterocycles. The first kappa shape index (κ1) is 21.8. The van der Waals surface area contributed by atoms with Crippen LogP contribution in [-0.2, 0) is 16.0 Å². The van der Waals surface area contributed by atoms with Crippen molar-refractivity contribution in [3.05, 3.63) is 92.5 Å². The summed E-state index contributed by atoms with van der Waals surface area (Å²) in [6.45, 7) is 0. The zero-order chi connectivity index (χ0) is 23.5. The monoisotopic (exact) mass is 450 g/mol. The molecule has 4 rings (SSSR count). The van der Waals surface area contributed by atoms with Crippen molar-refractivity contribution in [2.75, 3.05) is 7.11 Å². The van der Waals surface area contributed by atoms with Gasteiger partial charge in [0.25, 0.3) is 5.56 Å². The molecular formula is C23H19FN4O5. The molecule has 0 bridgehead atoms. The lowest BCUT2D eigenvalue weighted by Gasteiger charge is -2.11. The highest BCUT2D eigenvalue weighted by Gasteiger charge is 2.21. The standard InChI is InChI=1S/C23H19FN4O5/c1-33-22(31)19(10-13-11-25-18-5-3-2-4-16(13)18)26-12-17-20(29)27-23(32)28(21(17)30)15-8-6-14(24)7-9-15/h2-9,11-12,19,25,30H,10H2,1H3,(H,27,29,32)/t19-/m0/s1. The topological polar surface area (TPSA) is 130 Å². The molecule has 1 atom stereocenters. The van der Waals surface area contributed by atoms with Gasteiger partial charge in [-0.2, -0.15) is 0 Å². The number of aromatic nitrogens is 3. The van der Waals surface area contributed by atoms with Crippen molar-refractivity contribution in [1.29, 1.82) is 0 Å². The largest absolute Gasteiger partial charge is 0.493 e. The molecule has 0 unspecified atom stereocenters. The van der Waals surface area contributed by atoms with Gasteiger partial charge in [-0.1, -0.05) is 18.2 Å². The number of benzene rings is 2. The Hall–Kier alpha value is -4.47. The van der Waals surface area contributed by atoms with E-state index in [1.807, 2.05) is 24.3 Å². The van der Waals surface area contributed by atoms with Gasteiger partial charge in [0, 0.05) is 29.7 Å². The Bertz CT molecular complexity index is 1470. The maximum atomic E-state index is 13.2. The number of hydrogen-bond donors (Lipinski definition) is 3. The minimum Gasteiger partial charge on any atom is -0.493 e. The number of aliphatic imine (C=N–C) groups is 1. The summed E-state index contributed by atoms with van der Waals surface area (Å²) in [5, 5.41) is 11.5. The first-order valence-electron chi connectivity index (χ1n) is 9.89. The molecule has 0 radical (unpaired) electrons. The van der Waals surface area contributed by atoms with Gasteiger partial charge in [-0.3, -0.25) is 14.8 Å². The van der Waals surface area contributed by atoms with E-state index in [-0.39, 0.29) is 17.7 Å². The number of ether oxygens (including phenoxy) is 1. The lowest BCUT2D eigenvalue weighted by molar-refractivity contribution is -0.142. The number of halogens is 1. The van der Waals surface area contributed by atoms with E-state index in [9.17, 15) is 23.9 Å². The van der Waals surface area contributed by atoms with E-state index in [2.05, 4.69) is 15.0 Å². The van der Waals surface area contributed by atoms with Gasteiger partial charge < -0.3 is 14.8 Å². The van der Waals surface area contributed by atoms with E-state index < -0.39 is 35.0 Å². The number of carbonyl (C=O) groups excluding carboxylic acids is 1. The zero-order valence-corrected chi connectivity index (χ0v) is 17.4. The molecule has 4 aromatic rings. The van der Waals surface area contributed by atoms with Crippen LogP contribution in [0.2, 0.25) is 0 Å². The third-order valence-electron chi connectivity index (χ3n) is 5.15. The summed E-state index contributed by atoms with van der Waals surface area (Å²) >= 11 is 0. The highest BCUT2D eigenvalue weighted by atomic mass is 19.1. The summed E-state index contributed by atoms with van der Waals surface area (Å²) in [4.78, 5) is 46.3. The number of H-pyrrole nitrogens is 2. The van der Waals surface area contributed by atoms with E-state index in [0.717, 1.165) is 39.4 Å². The molecule has 0 aliphatic rings. The van der Waals surface area contributed by atoms with E-state index in [1.54, 1.807) is 6.20 Å². The van der Waals surface area contributed by atoms with Crippen LogP contribution in [0.1, 0.15) is 11.1 Å². The molecule has 0 saturated carbocycles. The second-order valence-corrected chi connectivity index (χ2v) is 7.19. The van der Waals surface area contributed by atoms with E-state index in [1.165, 1.54) is 19.2 Å². The molecule has 0 fully saturated rings. The lowest BCUT2D eigenvalue weighted by Crippen LogP contribution is -2.31. The maximum Gasteiger partial charge on any atom is 0.335 e. The van der Waals surface area contributed by atoms with Crippen molar-refractivity contribution in [1.82, 2.24) is 14.5 Å². The van der Waals surface area contributed by atoms with Crippen molar-refractivity contribution in [2.45, 2.75) is 12.5 Å². The fourth-order valence-corrected chi connectivity index (χ4v) is 3.49.